The lowest BCUT2D eigenvalue weighted by Crippen LogP contribution is -2.51. The number of aromatic hydroxyl groups is 1. The molecule has 1 amide bonds. The van der Waals surface area contributed by atoms with Crippen LogP contribution in [0.4, 0.5) is 0 Å². The van der Waals surface area contributed by atoms with E-state index in [0.717, 1.165) is 23.9 Å². The van der Waals surface area contributed by atoms with Crippen LogP contribution in [0.5, 0.6) is 5.75 Å². The molecular weight excluding hydrogens is 444 g/mol. The van der Waals surface area contributed by atoms with Gasteiger partial charge in [-0.3, -0.25) is 4.79 Å². The molecule has 4 rings (SSSR count). The van der Waals surface area contributed by atoms with Crippen molar-refractivity contribution in [1.29, 1.82) is 0 Å². The summed E-state index contributed by atoms with van der Waals surface area (Å²) in [5.74, 6) is 0.711. The highest BCUT2D eigenvalue weighted by molar-refractivity contribution is 5.85. The summed E-state index contributed by atoms with van der Waals surface area (Å²) in [4.78, 5) is 30.9. The molecule has 2 unspecified atom stereocenters. The zero-order chi connectivity index (χ0) is 24.9. The van der Waals surface area contributed by atoms with Crippen molar-refractivity contribution in [3.8, 4) is 5.75 Å². The number of hydrogen-bond acceptors (Lipinski definition) is 6. The number of piperidine rings is 2. The molecule has 0 spiro atoms. The van der Waals surface area contributed by atoms with E-state index in [1.165, 1.54) is 45.2 Å². The highest BCUT2D eigenvalue weighted by atomic mass is 16.5. The first kappa shape index (κ1) is 25.7. The summed E-state index contributed by atoms with van der Waals surface area (Å²) in [6.07, 6.45) is 7.62. The molecule has 1 N–H and O–H groups in total. The maximum absolute atomic E-state index is 13.4. The number of nitrogens with zero attached hydrogens (tertiary/aromatic N) is 2. The molecule has 1 aromatic carbocycles. The topological polar surface area (TPSA) is 83.2 Å². The summed E-state index contributed by atoms with van der Waals surface area (Å²) in [7, 11) is 1.69. The van der Waals surface area contributed by atoms with E-state index in [1.54, 1.807) is 26.2 Å². The molecule has 35 heavy (non-hydrogen) atoms. The van der Waals surface area contributed by atoms with Crippen molar-refractivity contribution >= 4 is 16.9 Å². The standard InChI is InChI=1S/C28H40N2O5/c1-19-22-10-12-25(31)20(2)27(22)35-28(33)23(19)11-13-26(32)30(16-7-17-34-3)18-21-8-6-15-29-14-5-4-9-24(21)29/h10,12,21,24,31H,4-9,11,13-18H2,1-3H3. The molecule has 7 nitrogen and oxygen atoms in total. The van der Waals surface area contributed by atoms with Crippen LogP contribution in [0.3, 0.4) is 0 Å². The van der Waals surface area contributed by atoms with Crippen LogP contribution in [0.2, 0.25) is 0 Å². The number of hydrogen-bond donors (Lipinski definition) is 1. The van der Waals surface area contributed by atoms with Gasteiger partial charge in [0.25, 0.3) is 0 Å². The lowest BCUT2D eigenvalue weighted by Gasteiger charge is -2.45. The van der Waals surface area contributed by atoms with Crippen LogP contribution >= 0.6 is 0 Å². The summed E-state index contributed by atoms with van der Waals surface area (Å²) >= 11 is 0. The van der Waals surface area contributed by atoms with E-state index in [2.05, 4.69) is 4.90 Å². The molecule has 192 valence electrons. The van der Waals surface area contributed by atoms with Crippen LogP contribution in [0.15, 0.2) is 21.3 Å². The van der Waals surface area contributed by atoms with Crippen molar-refractivity contribution < 1.29 is 19.1 Å². The van der Waals surface area contributed by atoms with Gasteiger partial charge in [-0.25, -0.2) is 4.79 Å². The maximum atomic E-state index is 13.4. The van der Waals surface area contributed by atoms with Crippen LogP contribution in [-0.2, 0) is 16.0 Å². The van der Waals surface area contributed by atoms with Crippen LogP contribution in [0, 0.1) is 19.8 Å². The predicted octanol–water partition coefficient (Wildman–Crippen LogP) is 4.18. The monoisotopic (exact) mass is 484 g/mol. The second kappa shape index (κ2) is 11.6. The van der Waals surface area contributed by atoms with Gasteiger partial charge in [0.1, 0.15) is 11.3 Å². The van der Waals surface area contributed by atoms with Crippen molar-refractivity contribution in [3.63, 3.8) is 0 Å². The third-order valence-corrected chi connectivity index (χ3v) is 8.08. The Balaban J connectivity index is 1.48. The van der Waals surface area contributed by atoms with Crippen molar-refractivity contribution in [2.24, 2.45) is 5.92 Å². The molecule has 0 bridgehead atoms. The van der Waals surface area contributed by atoms with E-state index in [9.17, 15) is 14.7 Å². The van der Waals surface area contributed by atoms with Gasteiger partial charge in [0.15, 0.2) is 0 Å². The predicted molar refractivity (Wildman–Crippen MR) is 137 cm³/mol. The number of ether oxygens (including phenoxy) is 1. The van der Waals surface area contributed by atoms with Gasteiger partial charge in [-0.05, 0) is 89.1 Å². The van der Waals surface area contributed by atoms with Gasteiger partial charge in [-0.2, -0.15) is 0 Å². The van der Waals surface area contributed by atoms with Crippen LogP contribution in [0.25, 0.3) is 11.0 Å². The smallest absolute Gasteiger partial charge is 0.339 e. The van der Waals surface area contributed by atoms with Gasteiger partial charge in [0.2, 0.25) is 5.91 Å². The Morgan fingerprint density at radius 3 is 2.77 bits per heavy atom. The van der Waals surface area contributed by atoms with E-state index in [1.807, 2.05) is 11.8 Å². The van der Waals surface area contributed by atoms with Crippen molar-refractivity contribution in [3.05, 3.63) is 39.2 Å². The number of phenols is 1. The van der Waals surface area contributed by atoms with Gasteiger partial charge < -0.3 is 24.1 Å². The summed E-state index contributed by atoms with van der Waals surface area (Å²) in [5.41, 5.74) is 1.91. The third kappa shape index (κ3) is 5.72. The van der Waals surface area contributed by atoms with E-state index in [4.69, 9.17) is 9.15 Å². The number of phenolic OH excluding ortho intramolecular Hbond substituents is 1. The maximum Gasteiger partial charge on any atom is 0.339 e. The number of amides is 1. The molecule has 1 aromatic heterocycles. The molecule has 2 aliphatic rings. The van der Waals surface area contributed by atoms with Gasteiger partial charge in [-0.15, -0.1) is 0 Å². The van der Waals surface area contributed by atoms with Gasteiger partial charge >= 0.3 is 5.63 Å². The molecule has 2 aromatic rings. The van der Waals surface area contributed by atoms with Crippen molar-refractivity contribution in [2.75, 3.05) is 39.9 Å². The summed E-state index contributed by atoms with van der Waals surface area (Å²) in [6, 6.07) is 3.98. The van der Waals surface area contributed by atoms with E-state index in [0.29, 0.717) is 48.2 Å². The fourth-order valence-corrected chi connectivity index (χ4v) is 6.05. The lowest BCUT2D eigenvalue weighted by atomic mass is 9.83. The average molecular weight is 485 g/mol. The molecule has 0 radical (unpaired) electrons. The zero-order valence-corrected chi connectivity index (χ0v) is 21.5. The Morgan fingerprint density at radius 2 is 1.97 bits per heavy atom. The Hall–Kier alpha value is -2.38. The van der Waals surface area contributed by atoms with E-state index < -0.39 is 5.63 Å². The van der Waals surface area contributed by atoms with Gasteiger partial charge in [0, 0.05) is 55.8 Å². The van der Waals surface area contributed by atoms with Crippen LogP contribution in [0.1, 0.15) is 61.6 Å². The second-order valence-corrected chi connectivity index (χ2v) is 10.3. The first-order valence-electron chi connectivity index (χ1n) is 13.2. The quantitative estimate of drug-likeness (QED) is 0.425. The SMILES string of the molecule is COCCCN(CC1CCCN2CCCCC12)C(=O)CCc1c(C)c2ccc(O)c(C)c2oc1=O. The number of aryl methyl sites for hydroxylation is 2. The number of methoxy groups -OCH3 is 1. The normalized spacial score (nSPS) is 20.7. The minimum Gasteiger partial charge on any atom is -0.508 e. The minimum absolute atomic E-state index is 0.0924. The minimum atomic E-state index is -0.424. The average Bonchev–Trinajstić information content (AvgIpc) is 2.86. The molecule has 0 saturated carbocycles. The zero-order valence-electron chi connectivity index (χ0n) is 21.5. The highest BCUT2D eigenvalue weighted by Gasteiger charge is 2.34. The van der Waals surface area contributed by atoms with E-state index >= 15 is 0 Å². The molecule has 2 fully saturated rings. The molecule has 2 saturated heterocycles. The fourth-order valence-electron chi connectivity index (χ4n) is 6.05. The summed E-state index contributed by atoms with van der Waals surface area (Å²) in [5, 5.41) is 10.8. The second-order valence-electron chi connectivity index (χ2n) is 10.3. The van der Waals surface area contributed by atoms with Crippen molar-refractivity contribution in [2.45, 2.75) is 71.3 Å². The number of benzene rings is 1. The first-order chi connectivity index (χ1) is 16.9. The Morgan fingerprint density at radius 1 is 1.17 bits per heavy atom. The fraction of sp³-hybridized carbons (Fsp3) is 0.643. The van der Waals surface area contributed by atoms with Gasteiger partial charge in [0.05, 0.1) is 0 Å². The number of fused-ring (bicyclic) bond motifs is 2. The molecule has 7 heteroatoms. The number of rotatable bonds is 9. The lowest BCUT2D eigenvalue weighted by molar-refractivity contribution is -0.132. The van der Waals surface area contributed by atoms with Crippen LogP contribution < -0.4 is 5.63 Å². The number of carbonyl (C=O) groups excluding carboxylic acids is 1. The summed E-state index contributed by atoms with van der Waals surface area (Å²) < 4.78 is 10.8. The molecular formula is C28H40N2O5. The first-order valence-corrected chi connectivity index (χ1v) is 13.2. The Labute approximate surface area is 208 Å². The van der Waals surface area contributed by atoms with E-state index in [-0.39, 0.29) is 18.1 Å². The molecule has 0 aliphatic carbocycles. The molecule has 3 heterocycles. The molecule has 2 atom stereocenters. The summed E-state index contributed by atoms with van der Waals surface area (Å²) in [6.45, 7) is 8.10. The largest absolute Gasteiger partial charge is 0.508 e. The van der Waals surface area contributed by atoms with Crippen molar-refractivity contribution in [1.82, 2.24) is 9.80 Å². The highest BCUT2D eigenvalue weighted by Crippen LogP contribution is 2.32. The Kier molecular flexibility index (Phi) is 8.50. The number of carbonyl (C=O) groups is 1. The third-order valence-electron chi connectivity index (χ3n) is 8.08. The van der Waals surface area contributed by atoms with Crippen LogP contribution in [-0.4, -0.2) is 66.8 Å². The van der Waals surface area contributed by atoms with Gasteiger partial charge in [-0.1, -0.05) is 6.42 Å². The molecule has 2 aliphatic heterocycles. The Bertz CT molecular complexity index is 1090.